The number of anilines is 2. The van der Waals surface area contributed by atoms with Crippen LogP contribution in [0.4, 0.5) is 11.6 Å². The normalized spacial score (nSPS) is 10.7. The molecule has 0 spiro atoms. The van der Waals surface area contributed by atoms with E-state index in [9.17, 15) is 0 Å². The fraction of sp³-hybridized carbons (Fsp3) is 0.176. The third-order valence-electron chi connectivity index (χ3n) is 3.69. The van der Waals surface area contributed by atoms with E-state index in [0.29, 0.717) is 5.69 Å². The van der Waals surface area contributed by atoms with Crippen LogP contribution in [0.1, 0.15) is 17.1 Å². The number of aryl methyl sites for hydroxylation is 3. The Labute approximate surface area is 134 Å². The minimum Gasteiger partial charge on any atom is -0.397 e. The molecule has 116 valence electrons. The van der Waals surface area contributed by atoms with Crippen molar-refractivity contribution in [2.45, 2.75) is 20.8 Å². The molecule has 0 atom stereocenters. The quantitative estimate of drug-likeness (QED) is 0.754. The summed E-state index contributed by atoms with van der Waals surface area (Å²) in [5, 5.41) is 0. The van der Waals surface area contributed by atoms with Crippen molar-refractivity contribution in [1.29, 1.82) is 0 Å². The summed E-state index contributed by atoms with van der Waals surface area (Å²) in [6, 6.07) is 5.76. The third-order valence-corrected chi connectivity index (χ3v) is 3.69. The number of pyridine rings is 2. The Morgan fingerprint density at radius 3 is 2.35 bits per heavy atom. The Morgan fingerprint density at radius 2 is 1.65 bits per heavy atom. The van der Waals surface area contributed by atoms with Gasteiger partial charge in [0, 0.05) is 34.8 Å². The first-order valence-corrected chi connectivity index (χ1v) is 7.25. The van der Waals surface area contributed by atoms with Gasteiger partial charge in [-0.1, -0.05) is 0 Å². The number of rotatable bonds is 2. The van der Waals surface area contributed by atoms with Gasteiger partial charge in [0.1, 0.15) is 0 Å². The molecule has 0 aromatic carbocycles. The van der Waals surface area contributed by atoms with E-state index in [1.807, 2.05) is 39.0 Å². The van der Waals surface area contributed by atoms with Crippen LogP contribution in [0.3, 0.4) is 0 Å². The monoisotopic (exact) mass is 306 g/mol. The van der Waals surface area contributed by atoms with Crippen LogP contribution in [-0.2, 0) is 0 Å². The number of nitrogens with zero attached hydrogens (tertiary/aromatic N) is 4. The molecule has 23 heavy (non-hydrogen) atoms. The van der Waals surface area contributed by atoms with Crippen LogP contribution in [0.5, 0.6) is 0 Å². The minimum atomic E-state index is 0.240. The number of hydrogen-bond acceptors (Lipinski definition) is 6. The Morgan fingerprint density at radius 1 is 0.870 bits per heavy atom. The highest BCUT2D eigenvalue weighted by atomic mass is 15.0. The van der Waals surface area contributed by atoms with E-state index in [-0.39, 0.29) is 5.95 Å². The van der Waals surface area contributed by atoms with Crippen LogP contribution in [0.2, 0.25) is 0 Å². The molecule has 0 saturated heterocycles. The first-order valence-electron chi connectivity index (χ1n) is 7.25. The number of hydrogen-bond donors (Lipinski definition) is 2. The molecule has 0 aliphatic heterocycles. The molecule has 0 fully saturated rings. The average Bonchev–Trinajstić information content (AvgIpc) is 2.49. The molecule has 0 saturated carbocycles. The molecule has 3 rings (SSSR count). The second-order valence-electron chi connectivity index (χ2n) is 5.48. The van der Waals surface area contributed by atoms with Crippen molar-refractivity contribution in [2.24, 2.45) is 0 Å². The van der Waals surface area contributed by atoms with Gasteiger partial charge in [-0.2, -0.15) is 0 Å². The third kappa shape index (κ3) is 2.83. The van der Waals surface area contributed by atoms with Crippen molar-refractivity contribution in [3.8, 4) is 22.4 Å². The van der Waals surface area contributed by atoms with Crippen LogP contribution in [-0.4, -0.2) is 19.9 Å². The van der Waals surface area contributed by atoms with Crippen LogP contribution >= 0.6 is 0 Å². The zero-order valence-electron chi connectivity index (χ0n) is 13.3. The predicted molar refractivity (Wildman–Crippen MR) is 91.5 cm³/mol. The van der Waals surface area contributed by atoms with Gasteiger partial charge in [0.05, 0.1) is 22.8 Å². The van der Waals surface area contributed by atoms with Gasteiger partial charge in [0.25, 0.3) is 0 Å². The fourth-order valence-corrected chi connectivity index (χ4v) is 2.53. The van der Waals surface area contributed by atoms with Gasteiger partial charge >= 0.3 is 0 Å². The lowest BCUT2D eigenvalue weighted by molar-refractivity contribution is 1.11. The summed E-state index contributed by atoms with van der Waals surface area (Å²) in [7, 11) is 0. The van der Waals surface area contributed by atoms with E-state index in [0.717, 1.165) is 39.5 Å². The second kappa shape index (κ2) is 5.64. The molecule has 4 N–H and O–H groups in total. The number of aromatic nitrogens is 4. The van der Waals surface area contributed by atoms with Crippen LogP contribution < -0.4 is 11.5 Å². The summed E-state index contributed by atoms with van der Waals surface area (Å²) >= 11 is 0. The van der Waals surface area contributed by atoms with Crippen LogP contribution in [0.25, 0.3) is 22.4 Å². The van der Waals surface area contributed by atoms with Crippen molar-refractivity contribution >= 4 is 11.6 Å². The highest BCUT2D eigenvalue weighted by molar-refractivity contribution is 5.83. The van der Waals surface area contributed by atoms with E-state index in [2.05, 4.69) is 19.9 Å². The van der Waals surface area contributed by atoms with Crippen molar-refractivity contribution in [1.82, 2.24) is 19.9 Å². The molecular weight excluding hydrogens is 288 g/mol. The maximum absolute atomic E-state index is 6.01. The first-order chi connectivity index (χ1) is 11.0. The molecule has 6 heteroatoms. The Bertz CT molecular complexity index is 888. The molecule has 0 aliphatic rings. The number of nitrogen functional groups attached to an aromatic ring is 2. The van der Waals surface area contributed by atoms with E-state index in [1.165, 1.54) is 0 Å². The zero-order valence-corrected chi connectivity index (χ0v) is 13.3. The zero-order chi connectivity index (χ0) is 16.6. The lowest BCUT2D eigenvalue weighted by Gasteiger charge is -2.13. The van der Waals surface area contributed by atoms with Gasteiger partial charge in [0.15, 0.2) is 0 Å². The van der Waals surface area contributed by atoms with Crippen molar-refractivity contribution in [3.05, 3.63) is 47.7 Å². The Balaban J connectivity index is 2.29. The molecule has 0 bridgehead atoms. The summed E-state index contributed by atoms with van der Waals surface area (Å²) < 4.78 is 0. The Hall–Kier alpha value is -3.02. The van der Waals surface area contributed by atoms with Gasteiger partial charge in [0.2, 0.25) is 5.95 Å². The van der Waals surface area contributed by atoms with Gasteiger partial charge in [-0.3, -0.25) is 9.97 Å². The van der Waals surface area contributed by atoms with Crippen molar-refractivity contribution < 1.29 is 0 Å². The van der Waals surface area contributed by atoms with Gasteiger partial charge in [-0.05, 0) is 39.0 Å². The molecule has 3 heterocycles. The molecule has 0 unspecified atom stereocenters. The summed E-state index contributed by atoms with van der Waals surface area (Å²) in [5.74, 6) is 0.240. The summed E-state index contributed by atoms with van der Waals surface area (Å²) in [6.45, 7) is 5.71. The summed E-state index contributed by atoms with van der Waals surface area (Å²) in [4.78, 5) is 17.3. The van der Waals surface area contributed by atoms with Gasteiger partial charge < -0.3 is 11.5 Å². The summed E-state index contributed by atoms with van der Waals surface area (Å²) in [5.41, 5.74) is 18.4. The largest absolute Gasteiger partial charge is 0.397 e. The maximum atomic E-state index is 6.01. The SMILES string of the molecule is Cc1cc(-c2nc(N)nc(C)c2-c2cnc(C)c(N)c2)ccn1. The summed E-state index contributed by atoms with van der Waals surface area (Å²) in [6.07, 6.45) is 3.54. The smallest absolute Gasteiger partial charge is 0.220 e. The molecule has 3 aromatic heterocycles. The molecule has 0 radical (unpaired) electrons. The van der Waals surface area contributed by atoms with E-state index in [4.69, 9.17) is 11.5 Å². The molecule has 6 nitrogen and oxygen atoms in total. The molecule has 0 amide bonds. The van der Waals surface area contributed by atoms with E-state index in [1.54, 1.807) is 12.4 Å². The standard InChI is InChI=1S/C17H18N6/c1-9-6-12(4-5-20-9)16-15(11(3)22-17(19)23-16)13-7-14(18)10(2)21-8-13/h4-8H,18H2,1-3H3,(H2,19,22,23). The minimum absolute atomic E-state index is 0.240. The van der Waals surface area contributed by atoms with Crippen LogP contribution in [0, 0.1) is 20.8 Å². The van der Waals surface area contributed by atoms with Crippen LogP contribution in [0.15, 0.2) is 30.6 Å². The lowest BCUT2D eigenvalue weighted by atomic mass is 9.98. The lowest BCUT2D eigenvalue weighted by Crippen LogP contribution is -2.03. The van der Waals surface area contributed by atoms with E-state index >= 15 is 0 Å². The molecule has 0 aliphatic carbocycles. The van der Waals surface area contributed by atoms with Crippen molar-refractivity contribution in [3.63, 3.8) is 0 Å². The van der Waals surface area contributed by atoms with Gasteiger partial charge in [-0.15, -0.1) is 0 Å². The highest BCUT2D eigenvalue weighted by Crippen LogP contribution is 2.34. The van der Waals surface area contributed by atoms with E-state index < -0.39 is 0 Å². The Kier molecular flexibility index (Phi) is 3.65. The fourth-order valence-electron chi connectivity index (χ4n) is 2.53. The average molecular weight is 306 g/mol. The second-order valence-corrected chi connectivity index (χ2v) is 5.48. The first kappa shape index (κ1) is 14.9. The topological polar surface area (TPSA) is 104 Å². The van der Waals surface area contributed by atoms with Crippen molar-refractivity contribution in [2.75, 3.05) is 11.5 Å². The van der Waals surface area contributed by atoms with Gasteiger partial charge in [-0.25, -0.2) is 9.97 Å². The molecule has 3 aromatic rings. The predicted octanol–water partition coefficient (Wildman–Crippen LogP) is 2.69. The highest BCUT2D eigenvalue weighted by Gasteiger charge is 2.16. The maximum Gasteiger partial charge on any atom is 0.220 e. The molecular formula is C17H18N6. The number of nitrogens with two attached hydrogens (primary N) is 2.